The molecule has 1 aromatic rings. The molecule has 0 bridgehead atoms. The number of nitrogen functional groups attached to an aromatic ring is 1. The maximum Gasteiger partial charge on any atom is 0.279 e. The van der Waals surface area contributed by atoms with Crippen molar-refractivity contribution in [2.24, 2.45) is 0 Å². The van der Waals surface area contributed by atoms with Gasteiger partial charge in [-0.2, -0.15) is 0 Å². The van der Waals surface area contributed by atoms with E-state index in [-0.39, 0.29) is 16.3 Å². The van der Waals surface area contributed by atoms with Crippen LogP contribution < -0.4 is 5.73 Å². The van der Waals surface area contributed by atoms with Crippen LogP contribution in [0.25, 0.3) is 0 Å². The summed E-state index contributed by atoms with van der Waals surface area (Å²) in [4.78, 5) is 11.3. The van der Waals surface area contributed by atoms with E-state index in [4.69, 9.17) is 5.73 Å². The summed E-state index contributed by atoms with van der Waals surface area (Å²) < 4.78 is 22.3. The van der Waals surface area contributed by atoms with Gasteiger partial charge in [0.15, 0.2) is 0 Å². The number of nitrogens with two attached hydrogens (primary N) is 1. The van der Waals surface area contributed by atoms with Gasteiger partial charge in [-0.1, -0.05) is 6.92 Å². The molecule has 0 unspecified atom stereocenters. The number of hydrogen-bond acceptors (Lipinski definition) is 5. The molecule has 0 saturated heterocycles. The Morgan fingerprint density at radius 3 is 2.62 bits per heavy atom. The number of rotatable bonds is 2. The fourth-order valence-corrected chi connectivity index (χ4v) is 2.27. The number of sulfone groups is 1. The van der Waals surface area contributed by atoms with Crippen LogP contribution >= 0.6 is 11.3 Å². The number of carbonyl (C=O) groups is 1. The molecule has 1 heterocycles. The van der Waals surface area contributed by atoms with Gasteiger partial charge in [-0.3, -0.25) is 4.79 Å². The number of thiophene rings is 1. The highest BCUT2D eigenvalue weighted by Crippen LogP contribution is 2.21. The molecular formula is C7H9NO3S2. The molecule has 2 N–H and O–H groups in total. The molecule has 0 aliphatic carbocycles. The Morgan fingerprint density at radius 1 is 1.62 bits per heavy atom. The second-order valence-electron chi connectivity index (χ2n) is 2.39. The van der Waals surface area contributed by atoms with E-state index < -0.39 is 15.0 Å². The minimum absolute atomic E-state index is 0.0897. The molecule has 0 atom stereocenters. The average molecular weight is 219 g/mol. The number of anilines is 1. The van der Waals surface area contributed by atoms with Crippen LogP contribution in [0.2, 0.25) is 0 Å². The zero-order valence-electron chi connectivity index (χ0n) is 6.98. The maximum absolute atomic E-state index is 11.3. The van der Waals surface area contributed by atoms with Crippen molar-refractivity contribution in [2.75, 3.05) is 11.5 Å². The van der Waals surface area contributed by atoms with E-state index in [0.717, 1.165) is 11.3 Å². The van der Waals surface area contributed by atoms with Gasteiger partial charge in [0.1, 0.15) is 0 Å². The first-order valence-corrected chi connectivity index (χ1v) is 6.12. The minimum atomic E-state index is -3.66. The van der Waals surface area contributed by atoms with Crippen LogP contribution in [0.5, 0.6) is 0 Å². The Balaban J connectivity index is 3.14. The molecule has 0 saturated carbocycles. The fourth-order valence-electron chi connectivity index (χ4n) is 0.788. The van der Waals surface area contributed by atoms with Crippen LogP contribution in [-0.4, -0.2) is 19.3 Å². The quantitative estimate of drug-likeness (QED) is 0.801. The van der Waals surface area contributed by atoms with Crippen molar-refractivity contribution >= 4 is 31.3 Å². The third kappa shape index (κ3) is 1.89. The van der Waals surface area contributed by atoms with E-state index in [1.165, 1.54) is 13.0 Å². The first-order valence-electron chi connectivity index (χ1n) is 3.59. The lowest BCUT2D eigenvalue weighted by Crippen LogP contribution is -2.17. The van der Waals surface area contributed by atoms with Gasteiger partial charge in [-0.15, -0.1) is 11.3 Å². The van der Waals surface area contributed by atoms with Gasteiger partial charge in [0.2, 0.25) is 9.84 Å². The second kappa shape index (κ2) is 3.47. The zero-order chi connectivity index (χ0) is 10.1. The van der Waals surface area contributed by atoms with Crippen LogP contribution in [0.3, 0.4) is 0 Å². The molecule has 0 aliphatic rings. The van der Waals surface area contributed by atoms with E-state index in [0.29, 0.717) is 0 Å². The monoisotopic (exact) mass is 219 g/mol. The van der Waals surface area contributed by atoms with Crippen LogP contribution in [0, 0.1) is 0 Å². The van der Waals surface area contributed by atoms with E-state index >= 15 is 0 Å². The topological polar surface area (TPSA) is 77.2 Å². The Kier molecular flexibility index (Phi) is 2.72. The van der Waals surface area contributed by atoms with Gasteiger partial charge < -0.3 is 5.73 Å². The van der Waals surface area contributed by atoms with Gasteiger partial charge >= 0.3 is 0 Å². The van der Waals surface area contributed by atoms with Crippen LogP contribution in [0.15, 0.2) is 11.4 Å². The average Bonchev–Trinajstić information content (AvgIpc) is 2.50. The molecule has 0 aromatic carbocycles. The SMILES string of the molecule is CCS(=O)(=O)C(=O)c1ccsc1N. The number of carbonyl (C=O) groups excluding carboxylic acids is 1. The largest absolute Gasteiger partial charge is 0.390 e. The molecule has 72 valence electrons. The molecule has 0 aliphatic heterocycles. The van der Waals surface area contributed by atoms with Crippen molar-refractivity contribution in [2.45, 2.75) is 6.92 Å². The first-order chi connectivity index (χ1) is 5.99. The van der Waals surface area contributed by atoms with E-state index in [1.807, 2.05) is 0 Å². The Morgan fingerprint density at radius 2 is 2.23 bits per heavy atom. The van der Waals surface area contributed by atoms with Gasteiger partial charge in [0.05, 0.1) is 16.3 Å². The maximum atomic E-state index is 11.3. The van der Waals surface area contributed by atoms with Crippen molar-refractivity contribution < 1.29 is 13.2 Å². The van der Waals surface area contributed by atoms with Crippen LogP contribution in [0.4, 0.5) is 5.00 Å². The summed E-state index contributed by atoms with van der Waals surface area (Å²) in [6.45, 7) is 1.43. The standard InChI is InChI=1S/C7H9NO3S2/c1-2-13(10,11)7(9)5-3-4-12-6(5)8/h3-4H,2,8H2,1H3. The lowest BCUT2D eigenvalue weighted by Gasteiger charge is -1.98. The summed E-state index contributed by atoms with van der Waals surface area (Å²) >= 11 is 1.15. The molecule has 1 aromatic heterocycles. The van der Waals surface area contributed by atoms with Crippen molar-refractivity contribution in [3.63, 3.8) is 0 Å². The van der Waals surface area contributed by atoms with Gasteiger partial charge in [0, 0.05) is 0 Å². The summed E-state index contributed by atoms with van der Waals surface area (Å²) in [6, 6.07) is 1.43. The highest BCUT2D eigenvalue weighted by molar-refractivity contribution is 8.06. The lowest BCUT2D eigenvalue weighted by atomic mass is 10.3. The van der Waals surface area contributed by atoms with Crippen LogP contribution in [-0.2, 0) is 9.84 Å². The normalized spacial score (nSPS) is 11.5. The third-order valence-electron chi connectivity index (χ3n) is 1.58. The second-order valence-corrected chi connectivity index (χ2v) is 5.51. The molecule has 13 heavy (non-hydrogen) atoms. The van der Waals surface area contributed by atoms with Gasteiger partial charge in [0.25, 0.3) is 5.12 Å². The molecule has 4 nitrogen and oxygen atoms in total. The summed E-state index contributed by atoms with van der Waals surface area (Å²) in [5.41, 5.74) is 5.52. The van der Waals surface area contributed by atoms with Crippen molar-refractivity contribution in [1.29, 1.82) is 0 Å². The molecular weight excluding hydrogens is 210 g/mol. The zero-order valence-corrected chi connectivity index (χ0v) is 8.61. The lowest BCUT2D eigenvalue weighted by molar-refractivity contribution is 0.107. The molecule has 0 amide bonds. The summed E-state index contributed by atoms with van der Waals surface area (Å²) in [6.07, 6.45) is 0. The van der Waals surface area contributed by atoms with Gasteiger partial charge in [-0.05, 0) is 11.4 Å². The molecule has 1 rings (SSSR count). The molecule has 0 spiro atoms. The molecule has 6 heteroatoms. The van der Waals surface area contributed by atoms with Crippen molar-refractivity contribution in [3.8, 4) is 0 Å². The third-order valence-corrected chi connectivity index (χ3v) is 3.87. The van der Waals surface area contributed by atoms with Crippen molar-refractivity contribution in [1.82, 2.24) is 0 Å². The van der Waals surface area contributed by atoms with Crippen LogP contribution in [0.1, 0.15) is 17.3 Å². The fraction of sp³-hybridized carbons (Fsp3) is 0.286. The Labute approximate surface area is 80.3 Å². The number of hydrogen-bond donors (Lipinski definition) is 1. The van der Waals surface area contributed by atoms with Gasteiger partial charge in [-0.25, -0.2) is 8.42 Å². The Bertz CT molecular complexity index is 419. The molecule has 0 fully saturated rings. The Hall–Kier alpha value is -0.880. The highest BCUT2D eigenvalue weighted by Gasteiger charge is 2.24. The predicted molar refractivity (Wildman–Crippen MR) is 52.5 cm³/mol. The predicted octanol–water partition coefficient (Wildman–Crippen LogP) is 0.905. The van der Waals surface area contributed by atoms with Crippen molar-refractivity contribution in [3.05, 3.63) is 17.0 Å². The van der Waals surface area contributed by atoms with E-state index in [2.05, 4.69) is 0 Å². The minimum Gasteiger partial charge on any atom is -0.390 e. The summed E-state index contributed by atoms with van der Waals surface area (Å²) in [7, 11) is -3.66. The van der Waals surface area contributed by atoms with E-state index in [1.54, 1.807) is 5.38 Å². The summed E-state index contributed by atoms with van der Waals surface area (Å²) in [5, 5.41) is 0.962. The molecule has 0 radical (unpaired) electrons. The first kappa shape index (κ1) is 10.2. The summed E-state index contributed by atoms with van der Waals surface area (Å²) in [5.74, 6) is -0.193. The smallest absolute Gasteiger partial charge is 0.279 e. The highest BCUT2D eigenvalue weighted by atomic mass is 32.2. The van der Waals surface area contributed by atoms with E-state index in [9.17, 15) is 13.2 Å².